The van der Waals surface area contributed by atoms with Crippen molar-refractivity contribution in [2.24, 2.45) is 11.7 Å². The number of rotatable bonds is 6. The first kappa shape index (κ1) is 20.1. The summed E-state index contributed by atoms with van der Waals surface area (Å²) in [5.41, 5.74) is 5.69. The molecule has 26 heavy (non-hydrogen) atoms. The third kappa shape index (κ3) is 4.69. The van der Waals surface area contributed by atoms with E-state index in [1.807, 2.05) is 6.92 Å². The minimum atomic E-state index is -3.01. The van der Waals surface area contributed by atoms with Crippen LogP contribution in [0.5, 0.6) is 5.75 Å². The van der Waals surface area contributed by atoms with Crippen molar-refractivity contribution in [2.45, 2.75) is 32.4 Å². The van der Waals surface area contributed by atoms with Gasteiger partial charge in [0.1, 0.15) is 5.75 Å². The number of nitrogens with zero attached hydrogens (tertiary/aromatic N) is 2. The molecule has 0 saturated carbocycles. The van der Waals surface area contributed by atoms with Gasteiger partial charge in [0.05, 0.1) is 11.5 Å². The van der Waals surface area contributed by atoms with Gasteiger partial charge in [-0.3, -0.25) is 9.59 Å². The Hall–Kier alpha value is -2.22. The standard InChI is InChI=1S/C18H25F2N3O3/c1-12(10-21)22(2)16(24)13-6-5-9-23(11-13)17(25)14-7-3-4-8-15(14)26-18(19)20/h3-4,7-8,12-13,18H,5-6,9-11,21H2,1-2H3. The summed E-state index contributed by atoms with van der Waals surface area (Å²) in [6.07, 6.45) is 1.35. The first-order valence-electron chi connectivity index (χ1n) is 8.65. The van der Waals surface area contributed by atoms with Crippen LogP contribution < -0.4 is 10.5 Å². The van der Waals surface area contributed by atoms with Crippen LogP contribution in [0.15, 0.2) is 24.3 Å². The molecule has 2 rings (SSSR count). The van der Waals surface area contributed by atoms with E-state index in [-0.39, 0.29) is 35.7 Å². The number of halogens is 2. The molecule has 0 radical (unpaired) electrons. The molecule has 0 spiro atoms. The Labute approximate surface area is 151 Å². The summed E-state index contributed by atoms with van der Waals surface area (Å²) in [7, 11) is 1.70. The van der Waals surface area contributed by atoms with E-state index < -0.39 is 12.5 Å². The van der Waals surface area contributed by atoms with Crippen LogP contribution in [-0.4, -0.2) is 60.9 Å². The molecule has 1 aliphatic heterocycles. The zero-order valence-electron chi connectivity index (χ0n) is 15.0. The number of nitrogens with two attached hydrogens (primary N) is 1. The van der Waals surface area contributed by atoms with Crippen LogP contribution in [0.4, 0.5) is 8.78 Å². The number of piperidine rings is 1. The molecule has 6 nitrogen and oxygen atoms in total. The summed E-state index contributed by atoms with van der Waals surface area (Å²) in [6.45, 7) is -0.0623. The lowest BCUT2D eigenvalue weighted by atomic mass is 9.95. The molecule has 1 heterocycles. The van der Waals surface area contributed by atoms with Gasteiger partial charge in [-0.2, -0.15) is 8.78 Å². The third-order valence-electron chi connectivity index (χ3n) is 4.74. The van der Waals surface area contributed by atoms with Crippen molar-refractivity contribution in [3.05, 3.63) is 29.8 Å². The Balaban J connectivity index is 2.12. The first-order chi connectivity index (χ1) is 12.3. The van der Waals surface area contributed by atoms with E-state index in [4.69, 9.17) is 5.73 Å². The normalized spacial score (nSPS) is 18.5. The van der Waals surface area contributed by atoms with Crippen molar-refractivity contribution < 1.29 is 23.1 Å². The van der Waals surface area contributed by atoms with E-state index in [9.17, 15) is 18.4 Å². The first-order valence-corrected chi connectivity index (χ1v) is 8.65. The number of para-hydroxylation sites is 1. The van der Waals surface area contributed by atoms with Gasteiger partial charge in [0.2, 0.25) is 5.91 Å². The number of likely N-dealkylation sites (tertiary alicyclic amines) is 1. The molecule has 1 saturated heterocycles. The number of carbonyl (C=O) groups is 2. The van der Waals surface area contributed by atoms with Gasteiger partial charge < -0.3 is 20.3 Å². The topological polar surface area (TPSA) is 75.9 Å². The van der Waals surface area contributed by atoms with Gasteiger partial charge in [0.25, 0.3) is 5.91 Å². The average Bonchev–Trinajstić information content (AvgIpc) is 2.65. The largest absolute Gasteiger partial charge is 0.434 e. The van der Waals surface area contributed by atoms with Crippen molar-refractivity contribution in [1.29, 1.82) is 0 Å². The molecule has 2 N–H and O–H groups in total. The van der Waals surface area contributed by atoms with Crippen molar-refractivity contribution >= 4 is 11.8 Å². The van der Waals surface area contributed by atoms with Crippen LogP contribution in [0.1, 0.15) is 30.1 Å². The maximum atomic E-state index is 12.8. The lowest BCUT2D eigenvalue weighted by molar-refractivity contribution is -0.137. The van der Waals surface area contributed by atoms with E-state index >= 15 is 0 Å². The molecule has 0 aromatic heterocycles. The molecule has 1 aromatic rings. The van der Waals surface area contributed by atoms with Gasteiger partial charge in [-0.05, 0) is 31.9 Å². The van der Waals surface area contributed by atoms with E-state index in [0.717, 1.165) is 0 Å². The van der Waals surface area contributed by atoms with Crippen LogP contribution in [0, 0.1) is 5.92 Å². The zero-order valence-corrected chi connectivity index (χ0v) is 15.0. The Morgan fingerprint density at radius 1 is 1.38 bits per heavy atom. The highest BCUT2D eigenvalue weighted by atomic mass is 19.3. The minimum Gasteiger partial charge on any atom is -0.434 e. The summed E-state index contributed by atoms with van der Waals surface area (Å²) >= 11 is 0. The number of alkyl halides is 2. The number of benzene rings is 1. The highest BCUT2D eigenvalue weighted by molar-refractivity contribution is 5.97. The molecule has 0 bridgehead atoms. The fourth-order valence-corrected chi connectivity index (χ4v) is 3.04. The van der Waals surface area contributed by atoms with Gasteiger partial charge in [-0.15, -0.1) is 0 Å². The van der Waals surface area contributed by atoms with Gasteiger partial charge in [0, 0.05) is 32.7 Å². The number of carbonyl (C=O) groups excluding carboxylic acids is 2. The van der Waals surface area contributed by atoms with Crippen LogP contribution in [0.25, 0.3) is 0 Å². The van der Waals surface area contributed by atoms with Crippen molar-refractivity contribution in [3.8, 4) is 5.75 Å². The zero-order chi connectivity index (χ0) is 19.3. The molecule has 1 fully saturated rings. The average molecular weight is 369 g/mol. The van der Waals surface area contributed by atoms with Crippen molar-refractivity contribution in [3.63, 3.8) is 0 Å². The van der Waals surface area contributed by atoms with Crippen LogP contribution in [-0.2, 0) is 4.79 Å². The molecule has 1 aliphatic rings. The summed E-state index contributed by atoms with van der Waals surface area (Å²) < 4.78 is 29.6. The Morgan fingerprint density at radius 2 is 2.08 bits per heavy atom. The third-order valence-corrected chi connectivity index (χ3v) is 4.74. The van der Waals surface area contributed by atoms with Crippen LogP contribution >= 0.6 is 0 Å². The van der Waals surface area contributed by atoms with E-state index in [2.05, 4.69) is 4.74 Å². The predicted octanol–water partition coefficient (Wildman–Crippen LogP) is 1.95. The number of amides is 2. The van der Waals surface area contributed by atoms with Crippen molar-refractivity contribution in [2.75, 3.05) is 26.7 Å². The molecule has 2 unspecified atom stereocenters. The molecule has 1 aromatic carbocycles. The van der Waals surface area contributed by atoms with Crippen LogP contribution in [0.2, 0.25) is 0 Å². The summed E-state index contributed by atoms with van der Waals surface area (Å²) in [6, 6.07) is 5.82. The molecule has 144 valence electrons. The van der Waals surface area contributed by atoms with E-state index in [1.54, 1.807) is 18.0 Å². The quantitative estimate of drug-likeness (QED) is 0.832. The fraction of sp³-hybridized carbons (Fsp3) is 0.556. The Bertz CT molecular complexity index is 642. The van der Waals surface area contributed by atoms with Crippen LogP contribution in [0.3, 0.4) is 0 Å². The highest BCUT2D eigenvalue weighted by Gasteiger charge is 2.32. The molecule has 0 aliphatic carbocycles. The summed E-state index contributed by atoms with van der Waals surface area (Å²) in [5.74, 6) is -0.949. The van der Waals surface area contributed by atoms with Crippen molar-refractivity contribution in [1.82, 2.24) is 9.80 Å². The Kier molecular flexibility index (Phi) is 6.90. The van der Waals surface area contributed by atoms with Gasteiger partial charge >= 0.3 is 6.61 Å². The summed E-state index contributed by atoms with van der Waals surface area (Å²) in [4.78, 5) is 28.5. The second kappa shape index (κ2) is 8.93. The molecule has 2 amide bonds. The maximum Gasteiger partial charge on any atom is 0.387 e. The van der Waals surface area contributed by atoms with E-state index in [1.165, 1.54) is 23.1 Å². The molecule has 8 heteroatoms. The van der Waals surface area contributed by atoms with Gasteiger partial charge in [0.15, 0.2) is 0 Å². The Morgan fingerprint density at radius 3 is 2.73 bits per heavy atom. The summed E-state index contributed by atoms with van der Waals surface area (Å²) in [5, 5.41) is 0. The van der Waals surface area contributed by atoms with Gasteiger partial charge in [-0.25, -0.2) is 0 Å². The lowest BCUT2D eigenvalue weighted by Gasteiger charge is -2.35. The molecule has 2 atom stereocenters. The number of likely N-dealkylation sites (N-methyl/N-ethyl adjacent to an activating group) is 1. The van der Waals surface area contributed by atoms with E-state index in [0.29, 0.717) is 25.9 Å². The second-order valence-electron chi connectivity index (χ2n) is 6.50. The predicted molar refractivity (Wildman–Crippen MR) is 93.0 cm³/mol. The lowest BCUT2D eigenvalue weighted by Crippen LogP contribution is -2.49. The smallest absolute Gasteiger partial charge is 0.387 e. The number of hydrogen-bond donors (Lipinski definition) is 1. The fourth-order valence-electron chi connectivity index (χ4n) is 3.04. The maximum absolute atomic E-state index is 12.8. The minimum absolute atomic E-state index is 0.0578. The molecular weight excluding hydrogens is 344 g/mol. The SMILES string of the molecule is CC(CN)N(C)C(=O)C1CCCN(C(=O)c2ccccc2OC(F)F)C1. The second-order valence-corrected chi connectivity index (χ2v) is 6.50. The van der Waals surface area contributed by atoms with Gasteiger partial charge in [-0.1, -0.05) is 12.1 Å². The molecular formula is C18H25F2N3O3. The monoisotopic (exact) mass is 369 g/mol. The number of ether oxygens (including phenoxy) is 1. The highest BCUT2D eigenvalue weighted by Crippen LogP contribution is 2.25. The number of hydrogen-bond acceptors (Lipinski definition) is 4.